The molecule has 21 heavy (non-hydrogen) atoms. The van der Waals surface area contributed by atoms with E-state index >= 15 is 0 Å². The minimum Gasteiger partial charge on any atom is -0.339 e. The van der Waals surface area contributed by atoms with Crippen LogP contribution in [0.5, 0.6) is 0 Å². The summed E-state index contributed by atoms with van der Waals surface area (Å²) in [4.78, 5) is 4.17. The first kappa shape index (κ1) is 13.5. The minimum atomic E-state index is 0.675. The van der Waals surface area contributed by atoms with Gasteiger partial charge in [-0.15, -0.1) is 0 Å². The van der Waals surface area contributed by atoms with Gasteiger partial charge in [-0.1, -0.05) is 17.3 Å². The van der Waals surface area contributed by atoms with Gasteiger partial charge in [0.15, 0.2) is 5.82 Å². The van der Waals surface area contributed by atoms with E-state index in [4.69, 9.17) is 4.52 Å². The highest BCUT2D eigenvalue weighted by molar-refractivity contribution is 5.33. The molecule has 1 N–H and O–H groups in total. The topological polar surface area (TPSA) is 68.8 Å². The third kappa shape index (κ3) is 3.55. The Kier molecular flexibility index (Phi) is 4.07. The first-order valence-electron chi connectivity index (χ1n) is 6.90. The van der Waals surface area contributed by atoms with Gasteiger partial charge < -0.3 is 9.84 Å². The highest BCUT2D eigenvalue weighted by Crippen LogP contribution is 2.08. The minimum absolute atomic E-state index is 0.675. The average Bonchev–Trinajstić information content (AvgIpc) is 3.16. The molecule has 0 unspecified atom stereocenters. The lowest BCUT2D eigenvalue weighted by Gasteiger charge is -2.05. The summed E-state index contributed by atoms with van der Waals surface area (Å²) >= 11 is 0. The zero-order valence-electron chi connectivity index (χ0n) is 11.9. The van der Waals surface area contributed by atoms with Crippen molar-refractivity contribution < 1.29 is 4.52 Å². The molecule has 108 valence electrons. The summed E-state index contributed by atoms with van der Waals surface area (Å²) in [6.07, 6.45) is 4.44. The molecule has 0 aliphatic rings. The maximum atomic E-state index is 5.06. The Morgan fingerprint density at radius 1 is 1.24 bits per heavy atom. The average molecular weight is 283 g/mol. The second-order valence-electron chi connectivity index (χ2n) is 4.78. The van der Waals surface area contributed by atoms with Crippen molar-refractivity contribution in [2.24, 2.45) is 0 Å². The third-order valence-corrected chi connectivity index (χ3v) is 3.12. The molecule has 0 amide bonds. The predicted molar refractivity (Wildman–Crippen MR) is 78.0 cm³/mol. The van der Waals surface area contributed by atoms with Gasteiger partial charge in [0.1, 0.15) is 0 Å². The van der Waals surface area contributed by atoms with Crippen LogP contribution >= 0.6 is 0 Å². The number of hydrogen-bond acceptors (Lipinski definition) is 5. The van der Waals surface area contributed by atoms with Crippen molar-refractivity contribution in [1.82, 2.24) is 25.2 Å². The van der Waals surface area contributed by atoms with E-state index in [1.807, 2.05) is 23.9 Å². The zero-order chi connectivity index (χ0) is 14.5. The molecule has 0 aliphatic heterocycles. The lowest BCUT2D eigenvalue weighted by atomic mass is 10.2. The van der Waals surface area contributed by atoms with Crippen LogP contribution in [0.25, 0.3) is 5.69 Å². The molecular weight excluding hydrogens is 266 g/mol. The number of benzene rings is 1. The number of nitrogens with one attached hydrogen (secondary N) is 1. The molecular formula is C15H17N5O. The number of rotatable bonds is 6. The molecule has 0 bridgehead atoms. The van der Waals surface area contributed by atoms with Crippen molar-refractivity contribution in [1.29, 1.82) is 0 Å². The summed E-state index contributed by atoms with van der Waals surface area (Å²) in [6.45, 7) is 3.44. The maximum Gasteiger partial charge on any atom is 0.227 e. The normalized spacial score (nSPS) is 10.9. The Morgan fingerprint density at radius 2 is 2.10 bits per heavy atom. The van der Waals surface area contributed by atoms with Crippen LogP contribution in [0.1, 0.15) is 17.3 Å². The lowest BCUT2D eigenvalue weighted by molar-refractivity contribution is 0.372. The number of hydrogen-bond donors (Lipinski definition) is 1. The highest BCUT2D eigenvalue weighted by atomic mass is 16.5. The molecule has 0 saturated heterocycles. The third-order valence-electron chi connectivity index (χ3n) is 3.12. The van der Waals surface area contributed by atoms with Crippen molar-refractivity contribution in [3.63, 3.8) is 0 Å². The van der Waals surface area contributed by atoms with Crippen LogP contribution in [0.2, 0.25) is 0 Å². The molecule has 2 heterocycles. The molecule has 2 aromatic heterocycles. The summed E-state index contributed by atoms with van der Waals surface area (Å²) in [5.74, 6) is 1.35. The van der Waals surface area contributed by atoms with Gasteiger partial charge in [0.05, 0.1) is 5.69 Å². The SMILES string of the molecule is Cc1noc(CCNCc2ccc(-n3cccn3)cc2)n1. The zero-order valence-corrected chi connectivity index (χ0v) is 11.9. The van der Waals surface area contributed by atoms with E-state index in [9.17, 15) is 0 Å². The second kappa shape index (κ2) is 6.32. The lowest BCUT2D eigenvalue weighted by Crippen LogP contribution is -2.16. The molecule has 0 atom stereocenters. The Hall–Kier alpha value is -2.47. The van der Waals surface area contributed by atoms with Crippen molar-refractivity contribution in [2.45, 2.75) is 19.9 Å². The van der Waals surface area contributed by atoms with Crippen LogP contribution in [0.3, 0.4) is 0 Å². The van der Waals surface area contributed by atoms with Gasteiger partial charge in [-0.05, 0) is 30.7 Å². The van der Waals surface area contributed by atoms with E-state index in [2.05, 4.69) is 44.8 Å². The van der Waals surface area contributed by atoms with Gasteiger partial charge in [0.2, 0.25) is 5.89 Å². The molecule has 0 radical (unpaired) electrons. The standard InChI is InChI=1S/C15H17N5O/c1-12-18-15(21-19-12)7-9-16-11-13-3-5-14(6-4-13)20-10-2-8-17-20/h2-6,8,10,16H,7,9,11H2,1H3. The highest BCUT2D eigenvalue weighted by Gasteiger charge is 2.02. The van der Waals surface area contributed by atoms with Gasteiger partial charge in [0.25, 0.3) is 0 Å². The Labute approximate surface area is 122 Å². The number of aryl methyl sites for hydroxylation is 1. The number of nitrogens with zero attached hydrogens (tertiary/aromatic N) is 4. The molecule has 0 spiro atoms. The monoisotopic (exact) mass is 283 g/mol. The van der Waals surface area contributed by atoms with Gasteiger partial charge in [-0.2, -0.15) is 10.1 Å². The van der Waals surface area contributed by atoms with Crippen molar-refractivity contribution in [3.05, 3.63) is 60.0 Å². The van der Waals surface area contributed by atoms with E-state index in [0.29, 0.717) is 11.7 Å². The summed E-state index contributed by atoms with van der Waals surface area (Å²) in [5.41, 5.74) is 2.29. The molecule has 6 nitrogen and oxygen atoms in total. The van der Waals surface area contributed by atoms with Crippen LogP contribution in [0.4, 0.5) is 0 Å². The molecule has 1 aromatic carbocycles. The maximum absolute atomic E-state index is 5.06. The fourth-order valence-electron chi connectivity index (χ4n) is 2.06. The van der Waals surface area contributed by atoms with E-state index < -0.39 is 0 Å². The smallest absolute Gasteiger partial charge is 0.227 e. The van der Waals surface area contributed by atoms with Crippen molar-refractivity contribution in [2.75, 3.05) is 6.54 Å². The molecule has 3 aromatic rings. The van der Waals surface area contributed by atoms with Crippen LogP contribution in [-0.4, -0.2) is 26.5 Å². The Bertz CT molecular complexity index is 672. The quantitative estimate of drug-likeness (QED) is 0.700. The molecule has 6 heteroatoms. The summed E-state index contributed by atoms with van der Waals surface area (Å²) in [5, 5.41) is 11.3. The van der Waals surface area contributed by atoms with Crippen LogP contribution in [-0.2, 0) is 13.0 Å². The molecule has 0 fully saturated rings. The first-order valence-corrected chi connectivity index (χ1v) is 6.90. The van der Waals surface area contributed by atoms with E-state index in [-0.39, 0.29) is 0 Å². The van der Waals surface area contributed by atoms with E-state index in [0.717, 1.165) is 25.2 Å². The molecule has 0 aliphatic carbocycles. The van der Waals surface area contributed by atoms with Crippen LogP contribution in [0, 0.1) is 6.92 Å². The summed E-state index contributed by atoms with van der Waals surface area (Å²) in [6, 6.07) is 10.2. The van der Waals surface area contributed by atoms with Crippen molar-refractivity contribution >= 4 is 0 Å². The Balaban J connectivity index is 1.47. The first-order chi connectivity index (χ1) is 10.3. The van der Waals surface area contributed by atoms with Crippen molar-refractivity contribution in [3.8, 4) is 5.69 Å². The van der Waals surface area contributed by atoms with Crippen LogP contribution < -0.4 is 5.32 Å². The molecule has 3 rings (SSSR count). The molecule has 0 saturated carbocycles. The Morgan fingerprint density at radius 3 is 2.76 bits per heavy atom. The van der Waals surface area contributed by atoms with E-state index in [1.54, 1.807) is 6.20 Å². The largest absolute Gasteiger partial charge is 0.339 e. The second-order valence-corrected chi connectivity index (χ2v) is 4.78. The fourth-order valence-corrected chi connectivity index (χ4v) is 2.06. The van der Waals surface area contributed by atoms with E-state index in [1.165, 1.54) is 5.56 Å². The van der Waals surface area contributed by atoms with Gasteiger partial charge in [-0.3, -0.25) is 0 Å². The summed E-state index contributed by atoms with van der Waals surface area (Å²) < 4.78 is 6.91. The summed E-state index contributed by atoms with van der Waals surface area (Å²) in [7, 11) is 0. The number of aromatic nitrogens is 4. The van der Waals surface area contributed by atoms with Crippen LogP contribution in [0.15, 0.2) is 47.2 Å². The fraction of sp³-hybridized carbons (Fsp3) is 0.267. The van der Waals surface area contributed by atoms with Gasteiger partial charge >= 0.3 is 0 Å². The van der Waals surface area contributed by atoms with Gasteiger partial charge in [-0.25, -0.2) is 4.68 Å². The van der Waals surface area contributed by atoms with Gasteiger partial charge in [0, 0.05) is 31.9 Å². The predicted octanol–water partition coefficient (Wildman–Crippen LogP) is 1.90.